The van der Waals surface area contributed by atoms with Crippen molar-refractivity contribution in [3.8, 4) is 0 Å². The van der Waals surface area contributed by atoms with Crippen molar-refractivity contribution >= 4 is 21.4 Å². The van der Waals surface area contributed by atoms with E-state index < -0.39 is 15.5 Å². The molecule has 0 aliphatic heterocycles. The van der Waals surface area contributed by atoms with Crippen molar-refractivity contribution in [3.05, 3.63) is 51.1 Å². The highest BCUT2D eigenvalue weighted by Gasteiger charge is 2.20. The summed E-state index contributed by atoms with van der Waals surface area (Å²) in [5, 5.41) is 3.92. The number of thiophene rings is 1. The Hall–Kier alpha value is -1.44. The molecule has 1 atom stereocenters. The van der Waals surface area contributed by atoms with Crippen molar-refractivity contribution in [1.82, 2.24) is 9.71 Å². The van der Waals surface area contributed by atoms with Gasteiger partial charge in [-0.25, -0.2) is 13.1 Å². The van der Waals surface area contributed by atoms with Crippen molar-refractivity contribution in [2.75, 3.05) is 0 Å². The summed E-state index contributed by atoms with van der Waals surface area (Å²) in [5.41, 5.74) is 0.552. The van der Waals surface area contributed by atoms with Gasteiger partial charge in [-0.2, -0.15) is 11.3 Å². The van der Waals surface area contributed by atoms with Crippen LogP contribution in [0.25, 0.3) is 0 Å². The van der Waals surface area contributed by atoms with Gasteiger partial charge in [0.2, 0.25) is 15.5 Å². The van der Waals surface area contributed by atoms with E-state index in [-0.39, 0.29) is 10.9 Å². The first-order chi connectivity index (χ1) is 8.99. The molecule has 5 nitrogen and oxygen atoms in total. The first-order valence-corrected chi connectivity index (χ1v) is 8.12. The predicted molar refractivity (Wildman–Crippen MR) is 74.9 cm³/mol. The second-order valence-electron chi connectivity index (χ2n) is 4.23. The summed E-state index contributed by atoms with van der Waals surface area (Å²) in [6, 6.07) is 2.86. The maximum Gasteiger partial charge on any atom is 0.246 e. The number of pyridine rings is 1. The summed E-state index contributed by atoms with van der Waals surface area (Å²) in [5.74, 6) is 0. The molecular weight excluding hydrogens is 284 g/mol. The average molecular weight is 298 g/mol. The van der Waals surface area contributed by atoms with Gasteiger partial charge in [0.25, 0.3) is 0 Å². The fraction of sp³-hybridized carbons (Fsp3) is 0.250. The molecule has 0 aromatic carbocycles. The van der Waals surface area contributed by atoms with E-state index in [1.54, 1.807) is 18.3 Å². The van der Waals surface area contributed by atoms with E-state index in [9.17, 15) is 13.2 Å². The van der Waals surface area contributed by atoms with Gasteiger partial charge in [0.1, 0.15) is 4.90 Å². The zero-order chi connectivity index (χ0) is 13.9. The molecule has 2 N–H and O–H groups in total. The Morgan fingerprint density at radius 3 is 2.84 bits per heavy atom. The number of rotatable bonds is 5. The van der Waals surface area contributed by atoms with Crippen LogP contribution in [0.3, 0.4) is 0 Å². The molecule has 0 saturated heterocycles. The molecule has 0 aliphatic rings. The summed E-state index contributed by atoms with van der Waals surface area (Å²) in [6.07, 6.45) is 3.19. The zero-order valence-electron chi connectivity index (χ0n) is 10.3. The second-order valence-corrected chi connectivity index (χ2v) is 6.69. The van der Waals surface area contributed by atoms with Crippen molar-refractivity contribution < 1.29 is 8.42 Å². The van der Waals surface area contributed by atoms with Crippen LogP contribution in [0.4, 0.5) is 0 Å². The number of aromatic amines is 1. The first kappa shape index (κ1) is 14.0. The minimum absolute atomic E-state index is 0.257. The van der Waals surface area contributed by atoms with E-state index in [2.05, 4.69) is 9.71 Å². The average Bonchev–Trinajstić information content (AvgIpc) is 2.81. The molecule has 2 rings (SSSR count). The summed E-state index contributed by atoms with van der Waals surface area (Å²) >= 11 is 1.57. The van der Waals surface area contributed by atoms with Crippen LogP contribution in [0.15, 0.2) is 45.0 Å². The van der Waals surface area contributed by atoms with Gasteiger partial charge in [-0.1, -0.05) is 0 Å². The fourth-order valence-corrected chi connectivity index (χ4v) is 3.72. The maximum absolute atomic E-state index is 12.1. The van der Waals surface area contributed by atoms with Crippen molar-refractivity contribution in [2.24, 2.45) is 0 Å². The normalized spacial score (nSPS) is 13.3. The van der Waals surface area contributed by atoms with Crippen molar-refractivity contribution in [3.63, 3.8) is 0 Å². The molecule has 0 radical (unpaired) electrons. The van der Waals surface area contributed by atoms with E-state index in [4.69, 9.17) is 0 Å². The van der Waals surface area contributed by atoms with Crippen LogP contribution in [0.1, 0.15) is 12.5 Å². The summed E-state index contributed by atoms with van der Waals surface area (Å²) in [6.45, 7) is 1.77. The lowest BCUT2D eigenvalue weighted by Crippen LogP contribution is -2.36. The van der Waals surface area contributed by atoms with E-state index in [1.165, 1.54) is 18.5 Å². The standard InChI is InChI=1S/C12H14N2O3S2/c1-9(6-10-3-5-18-8-10)14-19(16,17)12-7-13-4-2-11(12)15/h2-5,7-9,14H,6H2,1H3,(H,13,15). The third-order valence-corrected chi connectivity index (χ3v) is 4.90. The number of aromatic nitrogens is 1. The first-order valence-electron chi connectivity index (χ1n) is 5.69. The Balaban J connectivity index is 2.14. The summed E-state index contributed by atoms with van der Waals surface area (Å²) < 4.78 is 26.6. The number of sulfonamides is 1. The molecule has 7 heteroatoms. The number of hydrogen-bond acceptors (Lipinski definition) is 4. The molecule has 2 aromatic heterocycles. The smallest absolute Gasteiger partial charge is 0.246 e. The Labute approximate surface area is 115 Å². The summed E-state index contributed by atoms with van der Waals surface area (Å²) in [7, 11) is -3.78. The molecule has 2 aromatic rings. The van der Waals surface area contributed by atoms with E-state index in [0.717, 1.165) is 5.56 Å². The molecule has 0 bridgehead atoms. The highest BCUT2D eigenvalue weighted by Crippen LogP contribution is 2.10. The quantitative estimate of drug-likeness (QED) is 0.874. The lowest BCUT2D eigenvalue weighted by atomic mass is 10.1. The molecule has 1 unspecified atom stereocenters. The molecule has 0 amide bonds. The van der Waals surface area contributed by atoms with Crippen molar-refractivity contribution in [1.29, 1.82) is 0 Å². The van der Waals surface area contributed by atoms with Gasteiger partial charge < -0.3 is 4.98 Å². The largest absolute Gasteiger partial charge is 0.366 e. The lowest BCUT2D eigenvalue weighted by molar-refractivity contribution is 0.559. The van der Waals surface area contributed by atoms with Crippen LogP contribution in [0.2, 0.25) is 0 Å². The minimum Gasteiger partial charge on any atom is -0.366 e. The topological polar surface area (TPSA) is 79.0 Å². The van der Waals surface area contributed by atoms with Crippen LogP contribution >= 0.6 is 11.3 Å². The molecule has 19 heavy (non-hydrogen) atoms. The molecule has 0 saturated carbocycles. The third kappa shape index (κ3) is 3.52. The molecule has 0 fully saturated rings. The van der Waals surface area contributed by atoms with Crippen LogP contribution in [0.5, 0.6) is 0 Å². The Kier molecular flexibility index (Phi) is 4.18. The lowest BCUT2D eigenvalue weighted by Gasteiger charge is -2.13. The van der Waals surface area contributed by atoms with Crippen molar-refractivity contribution in [2.45, 2.75) is 24.3 Å². The number of hydrogen-bond donors (Lipinski definition) is 2. The predicted octanol–water partition coefficient (Wildman–Crippen LogP) is 1.35. The summed E-state index contributed by atoms with van der Waals surface area (Å²) in [4.78, 5) is 13.9. The van der Waals surface area contributed by atoms with Gasteiger partial charge in [-0.3, -0.25) is 4.79 Å². The molecule has 0 aliphatic carbocycles. The monoisotopic (exact) mass is 298 g/mol. The van der Waals surface area contributed by atoms with E-state index >= 15 is 0 Å². The minimum atomic E-state index is -3.78. The van der Waals surface area contributed by atoms with E-state index in [0.29, 0.717) is 6.42 Å². The van der Waals surface area contributed by atoms with Gasteiger partial charge in [-0.15, -0.1) is 0 Å². The molecule has 2 heterocycles. The number of H-pyrrole nitrogens is 1. The fourth-order valence-electron chi connectivity index (χ4n) is 1.74. The van der Waals surface area contributed by atoms with Gasteiger partial charge in [0.15, 0.2) is 0 Å². The highest BCUT2D eigenvalue weighted by molar-refractivity contribution is 7.89. The zero-order valence-corrected chi connectivity index (χ0v) is 11.9. The Morgan fingerprint density at radius 2 is 2.21 bits per heavy atom. The Morgan fingerprint density at radius 1 is 1.42 bits per heavy atom. The van der Waals surface area contributed by atoms with Gasteiger partial charge in [0, 0.05) is 24.5 Å². The van der Waals surface area contributed by atoms with Crippen LogP contribution in [-0.4, -0.2) is 19.4 Å². The second kappa shape index (κ2) is 5.68. The Bertz CT molecular complexity index is 690. The molecule has 102 valence electrons. The number of nitrogens with one attached hydrogen (secondary N) is 2. The van der Waals surface area contributed by atoms with Gasteiger partial charge >= 0.3 is 0 Å². The van der Waals surface area contributed by atoms with Gasteiger partial charge in [0.05, 0.1) is 0 Å². The maximum atomic E-state index is 12.1. The highest BCUT2D eigenvalue weighted by atomic mass is 32.2. The molecule has 0 spiro atoms. The molecular formula is C12H14N2O3S2. The van der Waals surface area contributed by atoms with Crippen LogP contribution in [-0.2, 0) is 16.4 Å². The van der Waals surface area contributed by atoms with E-state index in [1.807, 2.05) is 16.8 Å². The SMILES string of the molecule is CC(Cc1ccsc1)NS(=O)(=O)c1c[nH]ccc1=O. The van der Waals surface area contributed by atoms with Crippen LogP contribution < -0.4 is 10.2 Å². The van der Waals surface area contributed by atoms with Gasteiger partial charge in [-0.05, 0) is 35.7 Å². The third-order valence-electron chi connectivity index (χ3n) is 2.56. The van der Waals surface area contributed by atoms with Crippen LogP contribution in [0, 0.1) is 0 Å².